The van der Waals surface area contributed by atoms with E-state index in [1.165, 1.54) is 0 Å². The van der Waals surface area contributed by atoms with Crippen LogP contribution >= 0.6 is 0 Å². The number of hydrogen-bond donors (Lipinski definition) is 1. The fraction of sp³-hybridized carbons (Fsp3) is 0.217. The number of benzene rings is 3. The molecule has 0 aromatic heterocycles. The Kier molecular flexibility index (Phi) is 6.44. The molecule has 29 heavy (non-hydrogen) atoms. The largest absolute Gasteiger partial charge is 0.496 e. The minimum Gasteiger partial charge on any atom is -0.496 e. The van der Waals surface area contributed by atoms with E-state index < -0.39 is 10.0 Å². The van der Waals surface area contributed by atoms with Crippen molar-refractivity contribution in [1.29, 1.82) is 0 Å². The van der Waals surface area contributed by atoms with Crippen molar-refractivity contribution in [1.82, 2.24) is 0 Å². The zero-order valence-corrected chi connectivity index (χ0v) is 17.6. The molecule has 0 heterocycles. The van der Waals surface area contributed by atoms with Crippen LogP contribution in [0.25, 0.3) is 0 Å². The molecule has 0 fully saturated rings. The molecule has 3 aromatic carbocycles. The van der Waals surface area contributed by atoms with Crippen molar-refractivity contribution < 1.29 is 17.9 Å². The maximum atomic E-state index is 12.8. The number of ether oxygens (including phenoxy) is 2. The standard InChI is InChI=1S/C23H25NO4S/c1-17(2)22-15-21(13-14-23(22)27-3)29(25,26)24-19-9-11-20(12-10-19)28-16-18-7-5-4-6-8-18/h4-15,17,24H,16H2,1-3H3. The molecule has 0 saturated carbocycles. The van der Waals surface area contributed by atoms with Crippen molar-refractivity contribution in [3.63, 3.8) is 0 Å². The first-order chi connectivity index (χ1) is 13.9. The lowest BCUT2D eigenvalue weighted by Gasteiger charge is -2.15. The van der Waals surface area contributed by atoms with Gasteiger partial charge in [0.2, 0.25) is 0 Å². The van der Waals surface area contributed by atoms with Gasteiger partial charge in [-0.15, -0.1) is 0 Å². The lowest BCUT2D eigenvalue weighted by molar-refractivity contribution is 0.306. The minimum atomic E-state index is -3.71. The summed E-state index contributed by atoms with van der Waals surface area (Å²) in [6, 6.07) is 21.6. The summed E-state index contributed by atoms with van der Waals surface area (Å²) in [5.74, 6) is 1.49. The number of hydrogen-bond acceptors (Lipinski definition) is 4. The normalized spacial score (nSPS) is 11.3. The Bertz CT molecular complexity index is 1050. The summed E-state index contributed by atoms with van der Waals surface area (Å²) >= 11 is 0. The summed E-state index contributed by atoms with van der Waals surface area (Å²) in [4.78, 5) is 0.200. The van der Waals surface area contributed by atoms with Crippen LogP contribution in [0.2, 0.25) is 0 Å². The number of nitrogens with one attached hydrogen (secondary N) is 1. The maximum Gasteiger partial charge on any atom is 0.261 e. The highest BCUT2D eigenvalue weighted by molar-refractivity contribution is 7.92. The van der Waals surface area contributed by atoms with Crippen LogP contribution < -0.4 is 14.2 Å². The zero-order valence-electron chi connectivity index (χ0n) is 16.8. The van der Waals surface area contributed by atoms with E-state index in [1.807, 2.05) is 44.2 Å². The van der Waals surface area contributed by atoms with Gasteiger partial charge >= 0.3 is 0 Å². The van der Waals surface area contributed by atoms with E-state index in [1.54, 1.807) is 49.6 Å². The summed E-state index contributed by atoms with van der Waals surface area (Å²) in [6.45, 7) is 4.45. The second-order valence-electron chi connectivity index (χ2n) is 6.96. The fourth-order valence-corrected chi connectivity index (χ4v) is 4.00. The molecule has 3 aromatic rings. The van der Waals surface area contributed by atoms with E-state index in [0.29, 0.717) is 23.8 Å². The van der Waals surface area contributed by atoms with E-state index in [0.717, 1.165) is 11.1 Å². The van der Waals surface area contributed by atoms with E-state index in [2.05, 4.69) is 4.72 Å². The Morgan fingerprint density at radius 1 is 0.931 bits per heavy atom. The van der Waals surface area contributed by atoms with Gasteiger partial charge in [-0.3, -0.25) is 4.72 Å². The summed E-state index contributed by atoms with van der Waals surface area (Å²) in [6.07, 6.45) is 0. The van der Waals surface area contributed by atoms with Gasteiger partial charge in [-0.2, -0.15) is 0 Å². The molecule has 0 radical (unpaired) electrons. The molecule has 3 rings (SSSR count). The Morgan fingerprint density at radius 2 is 1.62 bits per heavy atom. The summed E-state index contributed by atoms with van der Waals surface area (Å²) in [5, 5.41) is 0. The van der Waals surface area contributed by atoms with Crippen LogP contribution in [0.5, 0.6) is 11.5 Å². The molecule has 6 heteroatoms. The molecule has 0 atom stereocenters. The fourth-order valence-electron chi connectivity index (χ4n) is 2.90. The predicted octanol–water partition coefficient (Wildman–Crippen LogP) is 5.20. The van der Waals surface area contributed by atoms with Gasteiger partial charge in [0, 0.05) is 5.69 Å². The zero-order chi connectivity index (χ0) is 20.9. The maximum absolute atomic E-state index is 12.8. The summed E-state index contributed by atoms with van der Waals surface area (Å²) < 4.78 is 39.3. The number of rotatable bonds is 8. The van der Waals surface area contributed by atoms with Gasteiger partial charge in [-0.05, 0) is 59.5 Å². The third-order valence-corrected chi connectivity index (χ3v) is 5.87. The highest BCUT2D eigenvalue weighted by Gasteiger charge is 2.18. The number of anilines is 1. The minimum absolute atomic E-state index is 0.140. The van der Waals surface area contributed by atoms with Crippen molar-refractivity contribution in [2.24, 2.45) is 0 Å². The first-order valence-electron chi connectivity index (χ1n) is 9.36. The van der Waals surface area contributed by atoms with E-state index in [4.69, 9.17) is 9.47 Å². The Hall–Kier alpha value is -2.99. The molecule has 0 bridgehead atoms. The molecule has 0 aliphatic rings. The van der Waals surface area contributed by atoms with Gasteiger partial charge in [-0.25, -0.2) is 8.42 Å². The molecule has 0 aliphatic carbocycles. The third-order valence-electron chi connectivity index (χ3n) is 4.49. The van der Waals surface area contributed by atoms with E-state index >= 15 is 0 Å². The van der Waals surface area contributed by atoms with Crippen LogP contribution in [0.15, 0.2) is 77.7 Å². The number of sulfonamides is 1. The van der Waals surface area contributed by atoms with Crippen molar-refractivity contribution in [3.8, 4) is 11.5 Å². The molecule has 0 aliphatic heterocycles. The molecule has 0 amide bonds. The second kappa shape index (κ2) is 9.01. The molecule has 152 valence electrons. The molecular weight excluding hydrogens is 386 g/mol. The van der Waals surface area contributed by atoms with Gasteiger partial charge in [0.25, 0.3) is 10.0 Å². The molecule has 0 saturated heterocycles. The Morgan fingerprint density at radius 3 is 2.24 bits per heavy atom. The van der Waals surface area contributed by atoms with Crippen LogP contribution in [0.1, 0.15) is 30.9 Å². The van der Waals surface area contributed by atoms with Crippen LogP contribution in [0, 0.1) is 0 Å². The van der Waals surface area contributed by atoms with Crippen LogP contribution in [-0.4, -0.2) is 15.5 Å². The van der Waals surface area contributed by atoms with Gasteiger partial charge in [-0.1, -0.05) is 44.2 Å². The highest BCUT2D eigenvalue weighted by Crippen LogP contribution is 2.29. The van der Waals surface area contributed by atoms with Crippen molar-refractivity contribution in [3.05, 3.63) is 83.9 Å². The van der Waals surface area contributed by atoms with Crippen LogP contribution in [0.3, 0.4) is 0 Å². The SMILES string of the molecule is COc1ccc(S(=O)(=O)Nc2ccc(OCc3ccccc3)cc2)cc1C(C)C. The lowest BCUT2D eigenvalue weighted by atomic mass is 10.0. The Labute approximate surface area is 172 Å². The third kappa shape index (κ3) is 5.29. The average Bonchev–Trinajstić information content (AvgIpc) is 2.73. The first kappa shape index (κ1) is 20.7. The van der Waals surface area contributed by atoms with Gasteiger partial charge in [0.15, 0.2) is 0 Å². The van der Waals surface area contributed by atoms with E-state index in [-0.39, 0.29) is 10.8 Å². The highest BCUT2D eigenvalue weighted by atomic mass is 32.2. The molecular formula is C23H25NO4S. The van der Waals surface area contributed by atoms with Crippen LogP contribution in [-0.2, 0) is 16.6 Å². The van der Waals surface area contributed by atoms with Gasteiger partial charge in [0.1, 0.15) is 18.1 Å². The summed E-state index contributed by atoms with van der Waals surface area (Å²) in [5.41, 5.74) is 2.39. The number of methoxy groups -OCH3 is 1. The average molecular weight is 412 g/mol. The van der Waals surface area contributed by atoms with Crippen molar-refractivity contribution in [2.45, 2.75) is 31.3 Å². The second-order valence-corrected chi connectivity index (χ2v) is 8.65. The first-order valence-corrected chi connectivity index (χ1v) is 10.8. The smallest absolute Gasteiger partial charge is 0.261 e. The molecule has 0 unspecified atom stereocenters. The molecule has 5 nitrogen and oxygen atoms in total. The Balaban J connectivity index is 1.71. The predicted molar refractivity (Wildman–Crippen MR) is 115 cm³/mol. The lowest BCUT2D eigenvalue weighted by Crippen LogP contribution is -2.13. The van der Waals surface area contributed by atoms with Gasteiger partial charge in [0.05, 0.1) is 12.0 Å². The van der Waals surface area contributed by atoms with Crippen LogP contribution in [0.4, 0.5) is 5.69 Å². The molecule has 1 N–H and O–H groups in total. The monoisotopic (exact) mass is 411 g/mol. The van der Waals surface area contributed by atoms with Crippen molar-refractivity contribution in [2.75, 3.05) is 11.8 Å². The quantitative estimate of drug-likeness (QED) is 0.553. The topological polar surface area (TPSA) is 64.6 Å². The van der Waals surface area contributed by atoms with Gasteiger partial charge < -0.3 is 9.47 Å². The molecule has 0 spiro atoms. The summed E-state index contributed by atoms with van der Waals surface area (Å²) in [7, 11) is -2.13. The van der Waals surface area contributed by atoms with Crippen molar-refractivity contribution >= 4 is 15.7 Å². The van der Waals surface area contributed by atoms with E-state index in [9.17, 15) is 8.42 Å².